The summed E-state index contributed by atoms with van der Waals surface area (Å²) in [6, 6.07) is 13.9. The summed E-state index contributed by atoms with van der Waals surface area (Å²) in [7, 11) is -1.54. The van der Waals surface area contributed by atoms with Gasteiger partial charge in [-0.3, -0.25) is 10.2 Å². The van der Waals surface area contributed by atoms with E-state index in [9.17, 15) is 14.8 Å². The van der Waals surface area contributed by atoms with Gasteiger partial charge in [-0.2, -0.15) is 5.10 Å². The first-order valence-electron chi connectivity index (χ1n) is 6.68. The van der Waals surface area contributed by atoms with Crippen LogP contribution in [0.3, 0.4) is 0 Å². The van der Waals surface area contributed by atoms with E-state index in [0.717, 1.165) is 5.69 Å². The van der Waals surface area contributed by atoms with Crippen LogP contribution in [0.25, 0.3) is 0 Å². The topological polar surface area (TPSA) is 94.0 Å². The van der Waals surface area contributed by atoms with Gasteiger partial charge < -0.3 is 15.4 Å². The number of hydrogen-bond acceptors (Lipinski definition) is 5. The third-order valence-corrected chi connectivity index (χ3v) is 2.88. The smallest absolute Gasteiger partial charge is 0.423 e. The van der Waals surface area contributed by atoms with Crippen molar-refractivity contribution in [2.24, 2.45) is 5.10 Å². The van der Waals surface area contributed by atoms with E-state index in [1.54, 1.807) is 48.5 Å². The minimum atomic E-state index is -1.54. The van der Waals surface area contributed by atoms with Crippen LogP contribution in [0.5, 0.6) is 0 Å². The van der Waals surface area contributed by atoms with E-state index >= 15 is 0 Å². The van der Waals surface area contributed by atoms with Gasteiger partial charge in [0.1, 0.15) is 0 Å². The van der Waals surface area contributed by atoms with Crippen molar-refractivity contribution in [3.05, 3.63) is 54.1 Å². The van der Waals surface area contributed by atoms with Crippen molar-refractivity contribution < 1.29 is 14.8 Å². The highest BCUT2D eigenvalue weighted by Crippen LogP contribution is 2.13. The molecule has 0 fully saturated rings. The molecular weight excluding hydrogens is 281 g/mol. The fourth-order valence-corrected chi connectivity index (χ4v) is 1.87. The average Bonchev–Trinajstić information content (AvgIpc) is 2.49. The lowest BCUT2D eigenvalue weighted by Gasteiger charge is -2.05. The number of nitrogens with one attached hydrogen (secondary N) is 2. The molecule has 0 saturated heterocycles. The minimum Gasteiger partial charge on any atom is -0.423 e. The molecule has 112 valence electrons. The van der Waals surface area contributed by atoms with Gasteiger partial charge in [-0.25, -0.2) is 0 Å². The van der Waals surface area contributed by atoms with Crippen LogP contribution in [0.2, 0.25) is 0 Å². The van der Waals surface area contributed by atoms with E-state index in [0.29, 0.717) is 16.7 Å². The molecule has 2 rings (SSSR count). The molecule has 0 radical (unpaired) electrons. The largest absolute Gasteiger partial charge is 0.489 e. The minimum absolute atomic E-state index is 0.127. The normalized spacial score (nSPS) is 10.5. The van der Waals surface area contributed by atoms with Gasteiger partial charge in [-0.1, -0.05) is 24.3 Å². The molecule has 0 atom stereocenters. The molecule has 0 aliphatic heterocycles. The number of carbonyl (C=O) groups excluding carboxylic acids is 1. The number of hydrogen-bond donors (Lipinski definition) is 4. The molecule has 1 amide bonds. The monoisotopic (exact) mass is 297 g/mol. The molecule has 4 N–H and O–H groups in total. The molecular formula is C15H16BN3O3. The molecule has 0 aliphatic carbocycles. The van der Waals surface area contributed by atoms with Gasteiger partial charge in [-0.05, 0) is 35.3 Å². The standard InChI is InChI=1S/C15H16BN3O3/c1-11(20)18-13-6-8-14(9-7-13)19-17-10-12-4-2-3-5-15(12)16(21)22/h2-10,19,21-22H,1H3,(H,18,20)/b17-10+. The third kappa shape index (κ3) is 4.44. The van der Waals surface area contributed by atoms with E-state index in [-0.39, 0.29) is 5.91 Å². The first kappa shape index (κ1) is 15.7. The van der Waals surface area contributed by atoms with Crippen LogP contribution in [-0.2, 0) is 4.79 Å². The van der Waals surface area contributed by atoms with E-state index in [1.807, 2.05) is 0 Å². The first-order valence-corrected chi connectivity index (χ1v) is 6.68. The second-order valence-corrected chi connectivity index (χ2v) is 4.63. The Kier molecular flexibility index (Phi) is 5.29. The second kappa shape index (κ2) is 7.40. The maximum absolute atomic E-state index is 10.9. The summed E-state index contributed by atoms with van der Waals surface area (Å²) in [5.41, 5.74) is 5.28. The Morgan fingerprint density at radius 1 is 1.09 bits per heavy atom. The predicted molar refractivity (Wildman–Crippen MR) is 88.2 cm³/mol. The van der Waals surface area contributed by atoms with E-state index in [4.69, 9.17) is 0 Å². The van der Waals surface area contributed by atoms with E-state index in [2.05, 4.69) is 15.8 Å². The van der Waals surface area contributed by atoms with Gasteiger partial charge in [0.2, 0.25) is 5.91 Å². The van der Waals surface area contributed by atoms with Crippen LogP contribution in [0, 0.1) is 0 Å². The van der Waals surface area contributed by atoms with Crippen molar-refractivity contribution in [3.8, 4) is 0 Å². The Bertz CT molecular complexity index is 672. The highest BCUT2D eigenvalue weighted by molar-refractivity contribution is 6.60. The number of benzene rings is 2. The summed E-state index contributed by atoms with van der Waals surface area (Å²) >= 11 is 0. The number of carbonyl (C=O) groups is 1. The molecule has 7 heteroatoms. The zero-order valence-electron chi connectivity index (χ0n) is 12.0. The first-order chi connectivity index (χ1) is 10.6. The molecule has 2 aromatic carbocycles. The Labute approximate surface area is 128 Å². The zero-order chi connectivity index (χ0) is 15.9. The van der Waals surface area contributed by atoms with Crippen LogP contribution >= 0.6 is 0 Å². The molecule has 0 bridgehead atoms. The van der Waals surface area contributed by atoms with Crippen LogP contribution < -0.4 is 16.2 Å². The molecule has 0 aromatic heterocycles. The van der Waals surface area contributed by atoms with Gasteiger partial charge in [0.15, 0.2) is 0 Å². The summed E-state index contributed by atoms with van der Waals surface area (Å²) in [6.07, 6.45) is 1.51. The Hall–Kier alpha value is -2.64. The lowest BCUT2D eigenvalue weighted by Crippen LogP contribution is -2.32. The quantitative estimate of drug-likeness (QED) is 0.372. The van der Waals surface area contributed by atoms with Crippen LogP contribution in [0.1, 0.15) is 12.5 Å². The van der Waals surface area contributed by atoms with Crippen molar-refractivity contribution in [2.45, 2.75) is 6.92 Å². The number of anilines is 2. The van der Waals surface area contributed by atoms with Gasteiger partial charge in [0.25, 0.3) is 0 Å². The Morgan fingerprint density at radius 3 is 2.36 bits per heavy atom. The van der Waals surface area contributed by atoms with Crippen molar-refractivity contribution in [3.63, 3.8) is 0 Å². The molecule has 0 heterocycles. The van der Waals surface area contributed by atoms with Crippen molar-refractivity contribution in [2.75, 3.05) is 10.7 Å². The van der Waals surface area contributed by atoms with Crippen LogP contribution in [-0.4, -0.2) is 29.3 Å². The summed E-state index contributed by atoms with van der Waals surface area (Å²) in [5.74, 6) is -0.127. The van der Waals surface area contributed by atoms with Crippen molar-refractivity contribution >= 4 is 36.1 Å². The lowest BCUT2D eigenvalue weighted by atomic mass is 9.77. The average molecular weight is 297 g/mol. The maximum atomic E-state index is 10.9. The molecule has 0 aliphatic rings. The molecule has 22 heavy (non-hydrogen) atoms. The molecule has 0 unspecified atom stereocenters. The summed E-state index contributed by atoms with van der Waals surface area (Å²) in [5, 5.41) is 25.3. The van der Waals surface area contributed by atoms with Gasteiger partial charge in [-0.15, -0.1) is 0 Å². The maximum Gasteiger partial charge on any atom is 0.489 e. The summed E-state index contributed by atoms with van der Waals surface area (Å²) < 4.78 is 0. The number of rotatable bonds is 5. The second-order valence-electron chi connectivity index (χ2n) is 4.63. The molecule has 0 saturated carbocycles. The fraction of sp³-hybridized carbons (Fsp3) is 0.0667. The van der Waals surface area contributed by atoms with Gasteiger partial charge in [0.05, 0.1) is 11.9 Å². The number of hydrazone groups is 1. The molecule has 2 aromatic rings. The van der Waals surface area contributed by atoms with Crippen LogP contribution in [0.4, 0.5) is 11.4 Å². The van der Waals surface area contributed by atoms with E-state index in [1.165, 1.54) is 13.1 Å². The summed E-state index contributed by atoms with van der Waals surface area (Å²) in [4.78, 5) is 10.9. The zero-order valence-corrected chi connectivity index (χ0v) is 12.0. The van der Waals surface area contributed by atoms with Crippen LogP contribution in [0.15, 0.2) is 53.6 Å². The molecule has 0 spiro atoms. The van der Waals surface area contributed by atoms with Gasteiger partial charge >= 0.3 is 7.12 Å². The number of amides is 1. The Morgan fingerprint density at radius 2 is 1.73 bits per heavy atom. The van der Waals surface area contributed by atoms with Crippen molar-refractivity contribution in [1.82, 2.24) is 0 Å². The molecule has 6 nitrogen and oxygen atoms in total. The lowest BCUT2D eigenvalue weighted by molar-refractivity contribution is -0.114. The highest BCUT2D eigenvalue weighted by atomic mass is 16.4. The highest BCUT2D eigenvalue weighted by Gasteiger charge is 2.13. The van der Waals surface area contributed by atoms with Gasteiger partial charge in [0, 0.05) is 12.6 Å². The van der Waals surface area contributed by atoms with E-state index < -0.39 is 7.12 Å². The fourth-order valence-electron chi connectivity index (χ4n) is 1.87. The Balaban J connectivity index is 2.02. The van der Waals surface area contributed by atoms with Crippen molar-refractivity contribution in [1.29, 1.82) is 0 Å². The third-order valence-electron chi connectivity index (χ3n) is 2.88. The predicted octanol–water partition coefficient (Wildman–Crippen LogP) is 0.771. The summed E-state index contributed by atoms with van der Waals surface area (Å²) in [6.45, 7) is 1.45. The SMILES string of the molecule is CC(=O)Nc1ccc(N/N=C/c2ccccc2B(O)O)cc1. The number of nitrogens with zero attached hydrogens (tertiary/aromatic N) is 1.